The Kier molecular flexibility index (Phi) is 7.35. The van der Waals surface area contributed by atoms with E-state index in [2.05, 4.69) is 5.32 Å². The molecule has 2 aromatic rings. The molecule has 10 nitrogen and oxygen atoms in total. The predicted octanol–water partition coefficient (Wildman–Crippen LogP) is 0.119. The van der Waals surface area contributed by atoms with Gasteiger partial charge in [0.25, 0.3) is 5.91 Å². The molecule has 0 aliphatic carbocycles. The zero-order valence-corrected chi connectivity index (χ0v) is 19.5. The first-order valence-corrected chi connectivity index (χ1v) is 12.6. The highest BCUT2D eigenvalue weighted by Gasteiger charge is 2.34. The van der Waals surface area contributed by atoms with Crippen molar-refractivity contribution >= 4 is 27.5 Å². The van der Waals surface area contributed by atoms with E-state index in [-0.39, 0.29) is 29.8 Å². The average Bonchev–Trinajstić information content (AvgIpc) is 2.84. The first-order valence-electron chi connectivity index (χ1n) is 11.1. The minimum absolute atomic E-state index is 0.0486. The van der Waals surface area contributed by atoms with Crippen LogP contribution in [0.4, 0.5) is 5.69 Å². The fourth-order valence-corrected chi connectivity index (χ4v) is 4.51. The fourth-order valence-electron chi connectivity index (χ4n) is 3.99. The van der Waals surface area contributed by atoms with Gasteiger partial charge in [-0.1, -0.05) is 24.3 Å². The number of rotatable bonds is 7. The molecule has 2 aromatic carbocycles. The number of nitrogens with one attached hydrogen (secondary N) is 1. The van der Waals surface area contributed by atoms with Crippen LogP contribution in [0.5, 0.6) is 5.75 Å². The number of benzene rings is 2. The highest BCUT2D eigenvalue weighted by atomic mass is 32.2. The van der Waals surface area contributed by atoms with Crippen LogP contribution in [0, 0.1) is 0 Å². The Hall–Kier alpha value is -3.15. The molecule has 0 radical (unpaired) electrons. The summed E-state index contributed by atoms with van der Waals surface area (Å²) in [5.74, 6) is 0.282. The van der Waals surface area contributed by atoms with Crippen molar-refractivity contribution in [3.8, 4) is 5.75 Å². The maximum Gasteiger partial charge on any atom is 0.265 e. The highest BCUT2D eigenvalue weighted by molar-refractivity contribution is 7.89. The van der Waals surface area contributed by atoms with Crippen LogP contribution in [0.3, 0.4) is 0 Å². The number of primary sulfonamides is 1. The van der Waals surface area contributed by atoms with E-state index >= 15 is 0 Å². The largest absolute Gasteiger partial charge is 0.477 e. The molecule has 1 atom stereocenters. The van der Waals surface area contributed by atoms with Crippen molar-refractivity contribution in [3.63, 3.8) is 0 Å². The SMILES string of the molecule is NS(=O)(=O)c1ccc(CCNC(=O)CN2C[C@H](C(=O)N3CCOCC3)Oc3ccccc32)cc1. The lowest BCUT2D eigenvalue weighted by molar-refractivity contribution is -0.142. The Bertz CT molecular complexity index is 1130. The van der Waals surface area contributed by atoms with Crippen LogP contribution in [0.15, 0.2) is 53.4 Å². The molecule has 0 aromatic heterocycles. The van der Waals surface area contributed by atoms with Gasteiger partial charge in [0, 0.05) is 19.6 Å². The lowest BCUT2D eigenvalue weighted by atomic mass is 10.1. The van der Waals surface area contributed by atoms with E-state index in [0.29, 0.717) is 45.0 Å². The molecule has 2 heterocycles. The molecular weight excluding hydrogens is 460 g/mol. The van der Waals surface area contributed by atoms with Gasteiger partial charge in [0.15, 0.2) is 6.10 Å². The monoisotopic (exact) mass is 488 g/mol. The normalized spacial score (nSPS) is 18.1. The van der Waals surface area contributed by atoms with Gasteiger partial charge in [-0.3, -0.25) is 9.59 Å². The molecule has 1 fully saturated rings. The summed E-state index contributed by atoms with van der Waals surface area (Å²) in [5.41, 5.74) is 1.64. The lowest BCUT2D eigenvalue weighted by Crippen LogP contribution is -2.54. The summed E-state index contributed by atoms with van der Waals surface area (Å²) in [5, 5.41) is 8.00. The number of ether oxygens (including phenoxy) is 2. The van der Waals surface area contributed by atoms with Crippen LogP contribution < -0.4 is 20.1 Å². The minimum atomic E-state index is -3.73. The molecule has 0 spiro atoms. The second-order valence-corrected chi connectivity index (χ2v) is 9.74. The first kappa shape index (κ1) is 24.0. The van der Waals surface area contributed by atoms with Crippen LogP contribution in [-0.2, 0) is 30.8 Å². The van der Waals surface area contributed by atoms with Gasteiger partial charge in [-0.05, 0) is 36.2 Å². The topological polar surface area (TPSA) is 131 Å². The van der Waals surface area contributed by atoms with Crippen molar-refractivity contribution in [1.29, 1.82) is 0 Å². The van der Waals surface area contributed by atoms with E-state index in [1.165, 1.54) is 12.1 Å². The third-order valence-corrected chi connectivity index (χ3v) is 6.71. The Balaban J connectivity index is 1.34. The number of hydrogen-bond donors (Lipinski definition) is 2. The highest BCUT2D eigenvalue weighted by Crippen LogP contribution is 2.33. The Labute approximate surface area is 198 Å². The van der Waals surface area contributed by atoms with Gasteiger partial charge in [0.2, 0.25) is 15.9 Å². The third kappa shape index (κ3) is 5.85. The van der Waals surface area contributed by atoms with E-state index < -0.39 is 16.1 Å². The standard InChI is InChI=1S/C23H28N4O6S/c24-34(30,31)18-7-5-17(6-8-18)9-10-25-22(28)16-27-15-21(23(29)26-11-13-32-14-12-26)33-20-4-2-1-3-19(20)27/h1-8,21H,9-16H2,(H,25,28)(H2,24,30,31)/t21-/m1/s1. The molecule has 0 saturated carbocycles. The summed E-state index contributed by atoms with van der Waals surface area (Å²) in [6.07, 6.45) is -0.160. The number of sulfonamides is 1. The molecule has 3 N–H and O–H groups in total. The van der Waals surface area contributed by atoms with Gasteiger partial charge < -0.3 is 24.6 Å². The van der Waals surface area contributed by atoms with Crippen molar-refractivity contribution in [2.75, 3.05) is 50.8 Å². The second-order valence-electron chi connectivity index (χ2n) is 8.18. The molecular formula is C23H28N4O6S. The van der Waals surface area contributed by atoms with Crippen molar-refractivity contribution in [2.24, 2.45) is 5.14 Å². The van der Waals surface area contributed by atoms with Crippen LogP contribution in [0.2, 0.25) is 0 Å². The summed E-state index contributed by atoms with van der Waals surface area (Å²) in [4.78, 5) is 29.3. The molecule has 182 valence electrons. The molecule has 11 heteroatoms. The number of amides is 2. The van der Waals surface area contributed by atoms with Crippen LogP contribution in [0.1, 0.15) is 5.56 Å². The van der Waals surface area contributed by atoms with E-state index in [0.717, 1.165) is 11.3 Å². The Morgan fingerprint density at radius 1 is 1.06 bits per heavy atom. The smallest absolute Gasteiger partial charge is 0.265 e. The molecule has 2 amide bonds. The summed E-state index contributed by atoms with van der Waals surface area (Å²) >= 11 is 0. The molecule has 0 unspecified atom stereocenters. The molecule has 2 aliphatic heterocycles. The van der Waals surface area contributed by atoms with Gasteiger partial charge in [-0.15, -0.1) is 0 Å². The maximum atomic E-state index is 13.0. The summed E-state index contributed by atoms with van der Waals surface area (Å²) < 4.78 is 34.0. The van der Waals surface area contributed by atoms with E-state index in [4.69, 9.17) is 14.6 Å². The van der Waals surface area contributed by atoms with Gasteiger partial charge in [-0.2, -0.15) is 0 Å². The average molecular weight is 489 g/mol. The fraction of sp³-hybridized carbons (Fsp3) is 0.391. The van der Waals surface area contributed by atoms with Gasteiger partial charge >= 0.3 is 0 Å². The number of nitrogens with zero attached hydrogens (tertiary/aromatic N) is 2. The zero-order chi connectivity index (χ0) is 24.1. The molecule has 1 saturated heterocycles. The van der Waals surface area contributed by atoms with E-state index in [1.54, 1.807) is 23.1 Å². The second kappa shape index (κ2) is 10.4. The van der Waals surface area contributed by atoms with Gasteiger partial charge in [-0.25, -0.2) is 13.6 Å². The number of carbonyl (C=O) groups excluding carboxylic acids is 2. The molecule has 34 heavy (non-hydrogen) atoms. The number of carbonyl (C=O) groups is 2. The summed E-state index contributed by atoms with van der Waals surface area (Å²) in [6.45, 7) is 2.80. The molecule has 0 bridgehead atoms. The Morgan fingerprint density at radius 2 is 1.76 bits per heavy atom. The van der Waals surface area contributed by atoms with Crippen LogP contribution >= 0.6 is 0 Å². The minimum Gasteiger partial charge on any atom is -0.477 e. The quantitative estimate of drug-likeness (QED) is 0.566. The van der Waals surface area contributed by atoms with Crippen molar-refractivity contribution in [1.82, 2.24) is 10.2 Å². The number of para-hydroxylation sites is 2. The number of nitrogens with two attached hydrogens (primary N) is 1. The molecule has 2 aliphatic rings. The number of morpholine rings is 1. The Morgan fingerprint density at radius 3 is 2.47 bits per heavy atom. The first-order chi connectivity index (χ1) is 16.3. The number of hydrogen-bond acceptors (Lipinski definition) is 7. The summed E-state index contributed by atoms with van der Waals surface area (Å²) in [6, 6.07) is 13.6. The van der Waals surface area contributed by atoms with Gasteiger partial charge in [0.05, 0.1) is 36.9 Å². The predicted molar refractivity (Wildman–Crippen MR) is 125 cm³/mol. The van der Waals surface area contributed by atoms with Crippen molar-refractivity contribution in [3.05, 3.63) is 54.1 Å². The summed E-state index contributed by atoms with van der Waals surface area (Å²) in [7, 11) is -3.73. The molecule has 4 rings (SSSR count). The van der Waals surface area contributed by atoms with Crippen molar-refractivity contribution < 1.29 is 27.5 Å². The van der Waals surface area contributed by atoms with Gasteiger partial charge in [0.1, 0.15) is 5.75 Å². The zero-order valence-electron chi connectivity index (χ0n) is 18.7. The number of fused-ring (bicyclic) bond motifs is 1. The maximum absolute atomic E-state index is 13.0. The van der Waals surface area contributed by atoms with E-state index in [9.17, 15) is 18.0 Å². The van der Waals surface area contributed by atoms with Crippen LogP contribution in [0.25, 0.3) is 0 Å². The number of anilines is 1. The van der Waals surface area contributed by atoms with Crippen molar-refractivity contribution in [2.45, 2.75) is 17.4 Å². The van der Waals surface area contributed by atoms with Crippen LogP contribution in [-0.4, -0.2) is 77.2 Å². The van der Waals surface area contributed by atoms with E-state index in [1.807, 2.05) is 23.1 Å². The lowest BCUT2D eigenvalue weighted by Gasteiger charge is -2.38. The third-order valence-electron chi connectivity index (χ3n) is 5.78.